The number of hydrogen-bond acceptors (Lipinski definition) is 5. The highest BCUT2D eigenvalue weighted by atomic mass is 16.3. The predicted octanol–water partition coefficient (Wildman–Crippen LogP) is 1.99. The highest BCUT2D eigenvalue weighted by Gasteiger charge is 2.26. The first-order valence-electron chi connectivity index (χ1n) is 8.64. The third kappa shape index (κ3) is 4.14. The molecule has 2 N–H and O–H groups in total. The lowest BCUT2D eigenvalue weighted by Gasteiger charge is -2.37. The second-order valence-corrected chi connectivity index (χ2v) is 6.78. The highest BCUT2D eigenvalue weighted by molar-refractivity contribution is 5.90. The molecule has 6 nitrogen and oxygen atoms in total. The molecule has 0 aliphatic carbocycles. The number of nitrogens with zero attached hydrogens (tertiary/aromatic N) is 3. The normalized spacial score (nSPS) is 15.6. The van der Waals surface area contributed by atoms with E-state index in [2.05, 4.69) is 58.3 Å². The van der Waals surface area contributed by atoms with E-state index in [1.807, 2.05) is 0 Å². The number of fused-ring (bicyclic) bond motifs is 1. The molecule has 6 heteroatoms. The molecule has 1 aliphatic rings. The first kappa shape index (κ1) is 17.4. The Morgan fingerprint density at radius 1 is 1.24 bits per heavy atom. The van der Waals surface area contributed by atoms with Gasteiger partial charge in [-0.05, 0) is 23.5 Å². The molecule has 132 valence electrons. The Hall–Kier alpha value is -2.47. The molecule has 0 bridgehead atoms. The van der Waals surface area contributed by atoms with Gasteiger partial charge in [0.2, 0.25) is 5.82 Å². The Labute approximate surface area is 147 Å². The summed E-state index contributed by atoms with van der Waals surface area (Å²) in [6.45, 7) is 6.79. The van der Waals surface area contributed by atoms with E-state index in [1.54, 1.807) is 0 Å². The third-order valence-corrected chi connectivity index (χ3v) is 4.71. The van der Waals surface area contributed by atoms with Gasteiger partial charge in [0.1, 0.15) is 0 Å². The second-order valence-electron chi connectivity index (χ2n) is 6.78. The summed E-state index contributed by atoms with van der Waals surface area (Å²) in [5, 5.41) is 12.2. The van der Waals surface area contributed by atoms with Crippen LogP contribution in [0.25, 0.3) is 0 Å². The van der Waals surface area contributed by atoms with Crippen molar-refractivity contribution in [3.05, 3.63) is 53.6 Å². The van der Waals surface area contributed by atoms with Gasteiger partial charge in [-0.3, -0.25) is 9.69 Å². The quantitative estimate of drug-likeness (QED) is 0.870. The summed E-state index contributed by atoms with van der Waals surface area (Å²) in [5.41, 5.74) is 2.79. The van der Waals surface area contributed by atoms with E-state index in [-0.39, 0.29) is 23.5 Å². The van der Waals surface area contributed by atoms with Crippen molar-refractivity contribution in [3.63, 3.8) is 0 Å². The Morgan fingerprint density at radius 3 is 2.60 bits per heavy atom. The Bertz CT molecular complexity index is 730. The van der Waals surface area contributed by atoms with Crippen molar-refractivity contribution in [2.24, 2.45) is 5.92 Å². The Kier molecular flexibility index (Phi) is 5.28. The minimum absolute atomic E-state index is 0.0522. The molecule has 2 heterocycles. The first-order valence-corrected chi connectivity index (χ1v) is 8.64. The maximum atomic E-state index is 12.2. The van der Waals surface area contributed by atoms with Crippen LogP contribution in [-0.4, -0.2) is 45.0 Å². The molecule has 1 atom stereocenters. The molecule has 25 heavy (non-hydrogen) atoms. The van der Waals surface area contributed by atoms with Crippen LogP contribution in [0.3, 0.4) is 0 Å². The van der Waals surface area contributed by atoms with Gasteiger partial charge in [0.05, 0.1) is 12.4 Å². The van der Waals surface area contributed by atoms with Gasteiger partial charge in [-0.25, -0.2) is 9.97 Å². The van der Waals surface area contributed by atoms with Gasteiger partial charge in [0.25, 0.3) is 5.91 Å². The minimum atomic E-state index is -0.317. The van der Waals surface area contributed by atoms with Crippen LogP contribution in [0.5, 0.6) is 5.75 Å². The van der Waals surface area contributed by atoms with Gasteiger partial charge in [-0.2, -0.15) is 0 Å². The summed E-state index contributed by atoms with van der Waals surface area (Å²) in [6, 6.07) is 8.79. The summed E-state index contributed by atoms with van der Waals surface area (Å²) < 4.78 is 0. The maximum Gasteiger partial charge on any atom is 0.289 e. The van der Waals surface area contributed by atoms with E-state index in [1.165, 1.54) is 23.5 Å². The van der Waals surface area contributed by atoms with Crippen LogP contribution < -0.4 is 5.32 Å². The first-order chi connectivity index (χ1) is 12.0. The van der Waals surface area contributed by atoms with Gasteiger partial charge in [0, 0.05) is 25.7 Å². The van der Waals surface area contributed by atoms with Crippen molar-refractivity contribution in [1.82, 2.24) is 20.2 Å². The van der Waals surface area contributed by atoms with E-state index in [0.29, 0.717) is 12.5 Å². The predicted molar refractivity (Wildman–Crippen MR) is 95.2 cm³/mol. The number of amides is 1. The summed E-state index contributed by atoms with van der Waals surface area (Å²) in [5.74, 6) is 0.113. The number of carbonyl (C=O) groups excluding carboxylic acids is 1. The molecule has 1 amide bonds. The molecular formula is C19H24N4O2. The number of rotatable bonds is 5. The van der Waals surface area contributed by atoms with Crippen molar-refractivity contribution >= 4 is 5.91 Å². The summed E-state index contributed by atoms with van der Waals surface area (Å²) in [6.07, 6.45) is 3.49. The van der Waals surface area contributed by atoms with E-state index in [0.717, 1.165) is 19.5 Å². The topological polar surface area (TPSA) is 78.3 Å². The van der Waals surface area contributed by atoms with Crippen molar-refractivity contribution in [3.8, 4) is 5.75 Å². The lowest BCUT2D eigenvalue weighted by atomic mass is 9.95. The zero-order valence-corrected chi connectivity index (χ0v) is 14.6. The molecule has 0 radical (unpaired) electrons. The fraction of sp³-hybridized carbons (Fsp3) is 0.421. The van der Waals surface area contributed by atoms with Crippen LogP contribution in [0.4, 0.5) is 0 Å². The van der Waals surface area contributed by atoms with Gasteiger partial charge in [-0.15, -0.1) is 0 Å². The van der Waals surface area contributed by atoms with Crippen molar-refractivity contribution in [2.45, 2.75) is 32.9 Å². The molecule has 1 aliphatic heterocycles. The number of nitrogens with one attached hydrogen (secondary N) is 1. The average Bonchev–Trinajstić information content (AvgIpc) is 2.62. The molecule has 0 saturated heterocycles. The van der Waals surface area contributed by atoms with E-state index in [9.17, 15) is 9.90 Å². The molecule has 1 unspecified atom stereocenters. The van der Waals surface area contributed by atoms with Crippen molar-refractivity contribution in [1.29, 1.82) is 0 Å². The molecular weight excluding hydrogens is 316 g/mol. The lowest BCUT2D eigenvalue weighted by molar-refractivity contribution is 0.0894. The molecule has 0 spiro atoms. The number of carbonyl (C=O) groups is 1. The fourth-order valence-corrected chi connectivity index (χ4v) is 3.30. The second kappa shape index (κ2) is 7.61. The third-order valence-electron chi connectivity index (χ3n) is 4.71. The Balaban J connectivity index is 1.64. The Morgan fingerprint density at radius 2 is 1.92 bits per heavy atom. The minimum Gasteiger partial charge on any atom is -0.505 e. The summed E-state index contributed by atoms with van der Waals surface area (Å²) in [7, 11) is 0. The van der Waals surface area contributed by atoms with Crippen molar-refractivity contribution < 1.29 is 9.90 Å². The molecule has 1 aromatic heterocycles. The largest absolute Gasteiger partial charge is 0.505 e. The van der Waals surface area contributed by atoms with E-state index < -0.39 is 0 Å². The highest BCUT2D eigenvalue weighted by Crippen LogP contribution is 2.22. The van der Waals surface area contributed by atoms with Crippen molar-refractivity contribution in [2.75, 3.05) is 13.1 Å². The molecule has 3 rings (SSSR count). The molecule has 2 aromatic rings. The van der Waals surface area contributed by atoms with Gasteiger partial charge in [0.15, 0.2) is 5.75 Å². The zero-order valence-electron chi connectivity index (χ0n) is 14.6. The molecule has 1 aromatic carbocycles. The van der Waals surface area contributed by atoms with Crippen LogP contribution in [0.15, 0.2) is 36.7 Å². The maximum absolute atomic E-state index is 12.2. The van der Waals surface area contributed by atoms with Crippen LogP contribution in [0.2, 0.25) is 0 Å². The monoisotopic (exact) mass is 340 g/mol. The van der Waals surface area contributed by atoms with Gasteiger partial charge < -0.3 is 10.4 Å². The molecule has 0 saturated carbocycles. The lowest BCUT2D eigenvalue weighted by Crippen LogP contribution is -2.48. The van der Waals surface area contributed by atoms with Crippen LogP contribution >= 0.6 is 0 Å². The van der Waals surface area contributed by atoms with Crippen LogP contribution in [-0.2, 0) is 13.0 Å². The number of aromatic nitrogens is 2. The number of hydrogen-bond donors (Lipinski definition) is 2. The van der Waals surface area contributed by atoms with Gasteiger partial charge >= 0.3 is 0 Å². The smallest absolute Gasteiger partial charge is 0.289 e. The SMILES string of the molecule is CC(C)C(CNC(=O)c1ncc(O)cn1)N1CCc2ccccc2C1. The number of benzene rings is 1. The average molecular weight is 340 g/mol. The van der Waals surface area contributed by atoms with Gasteiger partial charge in [-0.1, -0.05) is 38.1 Å². The molecule has 0 fully saturated rings. The van der Waals surface area contributed by atoms with E-state index >= 15 is 0 Å². The fourth-order valence-electron chi connectivity index (χ4n) is 3.30. The van der Waals surface area contributed by atoms with Crippen LogP contribution in [0.1, 0.15) is 35.6 Å². The zero-order chi connectivity index (χ0) is 17.8. The standard InChI is InChI=1S/C19H24N4O2/c1-13(2)17(11-22-19(25)18-20-9-16(24)10-21-18)23-8-7-14-5-3-4-6-15(14)12-23/h3-6,9-10,13,17,24H,7-8,11-12H2,1-2H3,(H,22,25). The number of aromatic hydroxyl groups is 1. The summed E-state index contributed by atoms with van der Waals surface area (Å²) >= 11 is 0. The summed E-state index contributed by atoms with van der Waals surface area (Å²) in [4.78, 5) is 22.4. The van der Waals surface area contributed by atoms with Crippen LogP contribution in [0, 0.1) is 5.92 Å². The van der Waals surface area contributed by atoms with E-state index in [4.69, 9.17) is 0 Å².